The van der Waals surface area contributed by atoms with Gasteiger partial charge < -0.3 is 5.32 Å². The monoisotopic (exact) mass is 315 g/mol. The highest BCUT2D eigenvalue weighted by molar-refractivity contribution is 7.10. The number of hydrogen-bond donors (Lipinski definition) is 1. The second-order valence-corrected chi connectivity index (χ2v) is 6.74. The predicted molar refractivity (Wildman–Crippen MR) is 77.2 cm³/mol. The minimum Gasteiger partial charge on any atom is -0.360 e. The maximum Gasteiger partial charge on any atom is 0.435 e. The lowest BCUT2D eigenvalue weighted by atomic mass is 9.86. The molecule has 0 bridgehead atoms. The summed E-state index contributed by atoms with van der Waals surface area (Å²) in [5.41, 5.74) is -1.11. The molecule has 0 aliphatic rings. The lowest BCUT2D eigenvalue weighted by molar-refractivity contribution is -0.141. The van der Waals surface area contributed by atoms with Gasteiger partial charge in [-0.15, -0.1) is 21.5 Å². The van der Waals surface area contributed by atoms with Crippen molar-refractivity contribution in [2.24, 2.45) is 5.41 Å². The summed E-state index contributed by atoms with van der Waals surface area (Å²) < 4.78 is 37.4. The first-order chi connectivity index (χ1) is 9.68. The molecule has 1 unspecified atom stereocenters. The van der Waals surface area contributed by atoms with Crippen molar-refractivity contribution in [1.82, 2.24) is 10.2 Å². The molecule has 0 saturated carbocycles. The first-order valence-electron chi connectivity index (χ1n) is 6.39. The molecule has 0 radical (unpaired) electrons. The van der Waals surface area contributed by atoms with Gasteiger partial charge in [-0.3, -0.25) is 0 Å². The molecule has 2 aromatic rings. The van der Waals surface area contributed by atoms with Crippen LogP contribution in [0.25, 0.3) is 0 Å². The number of nitrogens with zero attached hydrogens (tertiary/aromatic N) is 2. The van der Waals surface area contributed by atoms with Gasteiger partial charge in [-0.2, -0.15) is 13.2 Å². The number of hydrogen-bond acceptors (Lipinski definition) is 4. The molecule has 0 saturated heterocycles. The molecule has 2 aromatic heterocycles. The number of anilines is 1. The van der Waals surface area contributed by atoms with Gasteiger partial charge in [-0.1, -0.05) is 26.8 Å². The van der Waals surface area contributed by atoms with Crippen molar-refractivity contribution >= 4 is 17.2 Å². The van der Waals surface area contributed by atoms with E-state index in [9.17, 15) is 13.2 Å². The number of rotatable bonds is 3. The lowest BCUT2D eigenvalue weighted by Crippen LogP contribution is -2.25. The summed E-state index contributed by atoms with van der Waals surface area (Å²) in [7, 11) is 0. The van der Waals surface area contributed by atoms with Crippen LogP contribution in [0, 0.1) is 5.41 Å². The second-order valence-electron chi connectivity index (χ2n) is 5.76. The minimum atomic E-state index is -4.47. The third kappa shape index (κ3) is 3.93. The van der Waals surface area contributed by atoms with Gasteiger partial charge in [-0.25, -0.2) is 0 Å². The molecule has 2 rings (SSSR count). The van der Waals surface area contributed by atoms with E-state index in [0.717, 1.165) is 10.9 Å². The van der Waals surface area contributed by atoms with E-state index < -0.39 is 11.9 Å². The third-order valence-corrected chi connectivity index (χ3v) is 3.88. The molecule has 1 N–H and O–H groups in total. The largest absolute Gasteiger partial charge is 0.435 e. The Labute approximate surface area is 125 Å². The molecule has 114 valence electrons. The van der Waals surface area contributed by atoms with E-state index in [4.69, 9.17) is 0 Å². The molecule has 3 nitrogen and oxygen atoms in total. The van der Waals surface area contributed by atoms with Crippen LogP contribution in [0.15, 0.2) is 29.6 Å². The molecular weight excluding hydrogens is 299 g/mol. The molecule has 0 aliphatic heterocycles. The van der Waals surface area contributed by atoms with Gasteiger partial charge in [0.15, 0.2) is 5.69 Å². The molecule has 21 heavy (non-hydrogen) atoms. The maximum atomic E-state index is 12.5. The Morgan fingerprint density at radius 1 is 1.10 bits per heavy atom. The van der Waals surface area contributed by atoms with Crippen LogP contribution < -0.4 is 5.32 Å². The summed E-state index contributed by atoms with van der Waals surface area (Å²) in [6.45, 7) is 6.17. The number of alkyl halides is 3. The summed E-state index contributed by atoms with van der Waals surface area (Å²) in [5.74, 6) is 0.330. The Bertz CT molecular complexity index is 571. The van der Waals surface area contributed by atoms with Gasteiger partial charge in [0, 0.05) is 4.88 Å². The zero-order chi connectivity index (χ0) is 15.7. The van der Waals surface area contributed by atoms with Gasteiger partial charge in [0.2, 0.25) is 0 Å². The standard InChI is InChI=1S/C14H16F3N3S/c1-13(2,3)12(9-5-4-8-21-9)18-11-7-6-10(19-20-11)14(15,16)17/h4-8,12H,1-3H3,(H,18,20). The van der Waals surface area contributed by atoms with Crippen LogP contribution in [0.2, 0.25) is 0 Å². The Balaban J connectivity index is 2.22. The summed E-state index contributed by atoms with van der Waals surface area (Å²) in [6.07, 6.45) is -4.47. The van der Waals surface area contributed by atoms with E-state index in [1.165, 1.54) is 6.07 Å². The Morgan fingerprint density at radius 3 is 2.24 bits per heavy atom. The number of nitrogens with one attached hydrogen (secondary N) is 1. The van der Waals surface area contributed by atoms with Crippen molar-refractivity contribution in [3.05, 3.63) is 40.2 Å². The molecule has 0 amide bonds. The molecule has 0 aromatic carbocycles. The average Bonchev–Trinajstić information content (AvgIpc) is 2.87. The highest BCUT2D eigenvalue weighted by Gasteiger charge is 2.33. The third-order valence-electron chi connectivity index (χ3n) is 2.94. The molecule has 2 heterocycles. The highest BCUT2D eigenvalue weighted by atomic mass is 32.1. The van der Waals surface area contributed by atoms with Gasteiger partial charge in [0.1, 0.15) is 5.82 Å². The zero-order valence-corrected chi connectivity index (χ0v) is 12.7. The Kier molecular flexibility index (Phi) is 4.22. The Hall–Kier alpha value is -1.63. The number of thiophene rings is 1. The van der Waals surface area contributed by atoms with Crippen molar-refractivity contribution in [2.75, 3.05) is 5.32 Å². The van der Waals surface area contributed by atoms with Gasteiger partial charge in [0.25, 0.3) is 0 Å². The molecule has 0 spiro atoms. The summed E-state index contributed by atoms with van der Waals surface area (Å²) in [5, 5.41) is 12.0. The van der Waals surface area contributed by atoms with Gasteiger partial charge >= 0.3 is 6.18 Å². The summed E-state index contributed by atoms with van der Waals surface area (Å²) >= 11 is 1.59. The van der Waals surface area contributed by atoms with Gasteiger partial charge in [-0.05, 0) is 29.0 Å². The van der Waals surface area contributed by atoms with E-state index in [2.05, 4.69) is 36.3 Å². The normalized spacial score (nSPS) is 14.0. The maximum absolute atomic E-state index is 12.5. The van der Waals surface area contributed by atoms with Crippen LogP contribution in [0.5, 0.6) is 0 Å². The average molecular weight is 315 g/mol. The van der Waals surface area contributed by atoms with Crippen LogP contribution in [-0.4, -0.2) is 10.2 Å². The van der Waals surface area contributed by atoms with Crippen LogP contribution >= 0.6 is 11.3 Å². The van der Waals surface area contributed by atoms with Crippen molar-refractivity contribution in [3.8, 4) is 0 Å². The van der Waals surface area contributed by atoms with Gasteiger partial charge in [0.05, 0.1) is 6.04 Å². The molecule has 1 atom stereocenters. The van der Waals surface area contributed by atoms with Crippen molar-refractivity contribution in [2.45, 2.75) is 33.0 Å². The fourth-order valence-electron chi connectivity index (χ4n) is 1.88. The fourth-order valence-corrected chi connectivity index (χ4v) is 2.90. The van der Waals surface area contributed by atoms with Crippen LogP contribution in [0.4, 0.5) is 19.0 Å². The highest BCUT2D eigenvalue weighted by Crippen LogP contribution is 2.37. The number of aromatic nitrogens is 2. The molecular formula is C14H16F3N3S. The van der Waals surface area contributed by atoms with E-state index in [-0.39, 0.29) is 11.5 Å². The van der Waals surface area contributed by atoms with Crippen LogP contribution in [0.1, 0.15) is 37.4 Å². The summed E-state index contributed by atoms with van der Waals surface area (Å²) in [4.78, 5) is 1.10. The molecule has 0 fully saturated rings. The van der Waals surface area contributed by atoms with E-state index in [0.29, 0.717) is 5.82 Å². The quantitative estimate of drug-likeness (QED) is 0.887. The lowest BCUT2D eigenvalue weighted by Gasteiger charge is -2.31. The van der Waals surface area contributed by atoms with Crippen LogP contribution in [-0.2, 0) is 6.18 Å². The van der Waals surface area contributed by atoms with Crippen molar-refractivity contribution in [3.63, 3.8) is 0 Å². The first kappa shape index (κ1) is 15.8. The van der Waals surface area contributed by atoms with E-state index in [1.807, 2.05) is 17.5 Å². The van der Waals surface area contributed by atoms with E-state index in [1.54, 1.807) is 11.3 Å². The fraction of sp³-hybridized carbons (Fsp3) is 0.429. The smallest absolute Gasteiger partial charge is 0.360 e. The molecule has 7 heteroatoms. The first-order valence-corrected chi connectivity index (χ1v) is 7.27. The van der Waals surface area contributed by atoms with E-state index >= 15 is 0 Å². The number of halogens is 3. The van der Waals surface area contributed by atoms with Crippen LogP contribution in [0.3, 0.4) is 0 Å². The predicted octanol–water partition coefficient (Wildman–Crippen LogP) is 4.76. The molecule has 0 aliphatic carbocycles. The SMILES string of the molecule is CC(C)(C)C(Nc1ccc(C(F)(F)F)nn1)c1cccs1. The Morgan fingerprint density at radius 2 is 1.81 bits per heavy atom. The van der Waals surface area contributed by atoms with Crippen molar-refractivity contribution < 1.29 is 13.2 Å². The minimum absolute atomic E-state index is 0.0523. The zero-order valence-electron chi connectivity index (χ0n) is 11.9. The van der Waals surface area contributed by atoms with Crippen molar-refractivity contribution in [1.29, 1.82) is 0 Å². The topological polar surface area (TPSA) is 37.8 Å². The summed E-state index contributed by atoms with van der Waals surface area (Å²) in [6, 6.07) is 6.12. The second kappa shape index (κ2) is 5.63.